The van der Waals surface area contributed by atoms with Gasteiger partial charge >= 0.3 is 0 Å². The number of ketones is 1. The number of nitrogens with zero attached hydrogens (tertiary/aromatic N) is 3. The molecule has 7 nitrogen and oxygen atoms in total. The van der Waals surface area contributed by atoms with Gasteiger partial charge in [-0.15, -0.1) is 0 Å². The third-order valence-corrected chi connectivity index (χ3v) is 6.40. The van der Waals surface area contributed by atoms with E-state index in [1.54, 1.807) is 18.2 Å². The fourth-order valence-corrected chi connectivity index (χ4v) is 4.65. The van der Waals surface area contributed by atoms with E-state index in [9.17, 15) is 13.2 Å². The second kappa shape index (κ2) is 7.74. The van der Waals surface area contributed by atoms with Crippen LogP contribution in [-0.4, -0.2) is 47.7 Å². The molecule has 1 aliphatic rings. The predicted octanol–water partition coefficient (Wildman–Crippen LogP) is 2.53. The molecule has 0 bridgehead atoms. The lowest BCUT2D eigenvalue weighted by atomic mass is 10.1. The van der Waals surface area contributed by atoms with E-state index < -0.39 is 10.0 Å². The minimum Gasteiger partial charge on any atom is -0.474 e. The standard InChI is InChI=1S/C19H23N3O4S/c1-13-11-19(21-15(3)20-13)26-17-7-9-22(10-8-17)27(24,25)18-6-4-5-16(12-18)14(2)23/h4-6,11-12,17H,7-10H2,1-3H3. The number of sulfonamides is 1. The highest BCUT2D eigenvalue weighted by atomic mass is 32.2. The third-order valence-electron chi connectivity index (χ3n) is 4.51. The van der Waals surface area contributed by atoms with Crippen molar-refractivity contribution < 1.29 is 17.9 Å². The van der Waals surface area contributed by atoms with Crippen LogP contribution >= 0.6 is 0 Å². The van der Waals surface area contributed by atoms with Crippen LogP contribution < -0.4 is 4.74 Å². The van der Waals surface area contributed by atoms with Crippen LogP contribution in [-0.2, 0) is 10.0 Å². The molecule has 0 saturated carbocycles. The number of piperidine rings is 1. The van der Waals surface area contributed by atoms with E-state index in [1.165, 1.54) is 23.4 Å². The summed E-state index contributed by atoms with van der Waals surface area (Å²) in [4.78, 5) is 20.2. The number of benzene rings is 1. The van der Waals surface area contributed by atoms with Crippen molar-refractivity contribution in [1.29, 1.82) is 0 Å². The molecule has 0 aliphatic carbocycles. The first-order valence-electron chi connectivity index (χ1n) is 8.86. The number of hydrogen-bond acceptors (Lipinski definition) is 6. The summed E-state index contributed by atoms with van der Waals surface area (Å²) in [5, 5.41) is 0. The minimum absolute atomic E-state index is 0.0892. The maximum Gasteiger partial charge on any atom is 0.243 e. The Morgan fingerprint density at radius 3 is 2.48 bits per heavy atom. The number of hydrogen-bond donors (Lipinski definition) is 0. The second-order valence-electron chi connectivity index (χ2n) is 6.70. The molecule has 1 fully saturated rings. The number of aromatic nitrogens is 2. The molecule has 27 heavy (non-hydrogen) atoms. The zero-order valence-corrected chi connectivity index (χ0v) is 16.5. The van der Waals surface area contributed by atoms with Gasteiger partial charge in [0.25, 0.3) is 0 Å². The summed E-state index contributed by atoms with van der Waals surface area (Å²) in [6.45, 7) is 5.84. The number of ether oxygens (including phenoxy) is 1. The Balaban J connectivity index is 1.67. The van der Waals surface area contributed by atoms with Gasteiger partial charge in [0, 0.05) is 30.4 Å². The molecule has 1 aromatic heterocycles. The van der Waals surface area contributed by atoms with Crippen LogP contribution in [0.4, 0.5) is 0 Å². The average Bonchev–Trinajstić information content (AvgIpc) is 2.61. The lowest BCUT2D eigenvalue weighted by molar-refractivity contribution is 0.101. The Labute approximate surface area is 159 Å². The van der Waals surface area contributed by atoms with Gasteiger partial charge in [-0.05, 0) is 45.7 Å². The van der Waals surface area contributed by atoms with Crippen molar-refractivity contribution in [1.82, 2.24) is 14.3 Å². The van der Waals surface area contributed by atoms with Gasteiger partial charge < -0.3 is 4.74 Å². The lowest BCUT2D eigenvalue weighted by Crippen LogP contribution is -2.41. The molecule has 2 heterocycles. The number of carbonyl (C=O) groups excluding carboxylic acids is 1. The minimum atomic E-state index is -3.63. The molecular formula is C19H23N3O4S. The van der Waals surface area contributed by atoms with Crippen LogP contribution in [0.15, 0.2) is 35.2 Å². The van der Waals surface area contributed by atoms with Crippen LogP contribution in [0.5, 0.6) is 5.88 Å². The van der Waals surface area contributed by atoms with Gasteiger partial charge in [-0.25, -0.2) is 13.4 Å². The Morgan fingerprint density at radius 2 is 1.85 bits per heavy atom. The molecule has 1 saturated heterocycles. The topological polar surface area (TPSA) is 89.5 Å². The SMILES string of the molecule is CC(=O)c1cccc(S(=O)(=O)N2CCC(Oc3cc(C)nc(C)n3)CC2)c1. The van der Waals surface area contributed by atoms with Crippen LogP contribution in [0, 0.1) is 13.8 Å². The Kier molecular flexibility index (Phi) is 5.57. The number of aryl methyl sites for hydroxylation is 2. The smallest absolute Gasteiger partial charge is 0.243 e. The number of rotatable bonds is 5. The average molecular weight is 389 g/mol. The number of carbonyl (C=O) groups is 1. The van der Waals surface area contributed by atoms with Crippen LogP contribution in [0.3, 0.4) is 0 Å². The molecule has 0 amide bonds. The first-order valence-corrected chi connectivity index (χ1v) is 10.3. The van der Waals surface area contributed by atoms with Crippen molar-refractivity contribution in [3.05, 3.63) is 47.4 Å². The molecule has 1 aromatic carbocycles. The van der Waals surface area contributed by atoms with Crippen LogP contribution in [0.25, 0.3) is 0 Å². The summed E-state index contributed by atoms with van der Waals surface area (Å²) in [6, 6.07) is 7.96. The van der Waals surface area contributed by atoms with E-state index in [1.807, 2.05) is 13.8 Å². The molecule has 0 unspecified atom stereocenters. The quantitative estimate of drug-likeness (QED) is 0.730. The van der Waals surface area contributed by atoms with Gasteiger partial charge in [0.2, 0.25) is 15.9 Å². The zero-order valence-electron chi connectivity index (χ0n) is 15.7. The van der Waals surface area contributed by atoms with Gasteiger partial charge in [0.05, 0.1) is 4.90 Å². The molecule has 0 atom stereocenters. The van der Waals surface area contributed by atoms with Gasteiger partial charge in [-0.3, -0.25) is 4.79 Å². The highest BCUT2D eigenvalue weighted by Crippen LogP contribution is 2.24. The highest BCUT2D eigenvalue weighted by Gasteiger charge is 2.30. The Bertz CT molecular complexity index is 931. The second-order valence-corrected chi connectivity index (χ2v) is 8.64. The molecule has 0 spiro atoms. The van der Waals surface area contributed by atoms with Crippen LogP contribution in [0.1, 0.15) is 41.6 Å². The predicted molar refractivity (Wildman–Crippen MR) is 100 cm³/mol. The maximum absolute atomic E-state index is 12.9. The molecule has 144 valence electrons. The lowest BCUT2D eigenvalue weighted by Gasteiger charge is -2.31. The van der Waals surface area contributed by atoms with E-state index in [0.717, 1.165) is 5.69 Å². The molecule has 2 aromatic rings. The molecule has 3 rings (SSSR count). The van der Waals surface area contributed by atoms with Gasteiger partial charge in [-0.2, -0.15) is 9.29 Å². The van der Waals surface area contributed by atoms with E-state index in [-0.39, 0.29) is 16.8 Å². The van der Waals surface area contributed by atoms with E-state index in [4.69, 9.17) is 4.74 Å². The summed E-state index contributed by atoms with van der Waals surface area (Å²) >= 11 is 0. The molecular weight excluding hydrogens is 366 g/mol. The first-order chi connectivity index (χ1) is 12.8. The zero-order chi connectivity index (χ0) is 19.6. The van der Waals surface area contributed by atoms with Gasteiger partial charge in [0.1, 0.15) is 11.9 Å². The monoisotopic (exact) mass is 389 g/mol. The highest BCUT2D eigenvalue weighted by molar-refractivity contribution is 7.89. The normalized spacial score (nSPS) is 16.3. The van der Waals surface area contributed by atoms with Crippen molar-refractivity contribution in [2.24, 2.45) is 0 Å². The Morgan fingerprint density at radius 1 is 1.15 bits per heavy atom. The fourth-order valence-electron chi connectivity index (χ4n) is 3.13. The maximum atomic E-state index is 12.9. The third kappa shape index (κ3) is 4.51. The van der Waals surface area contributed by atoms with E-state index >= 15 is 0 Å². The summed E-state index contributed by atoms with van der Waals surface area (Å²) in [5.74, 6) is 1.01. The van der Waals surface area contributed by atoms with E-state index in [2.05, 4.69) is 9.97 Å². The molecule has 1 aliphatic heterocycles. The summed E-state index contributed by atoms with van der Waals surface area (Å²) < 4.78 is 33.1. The summed E-state index contributed by atoms with van der Waals surface area (Å²) in [5.41, 5.74) is 1.23. The summed E-state index contributed by atoms with van der Waals surface area (Å²) in [6.07, 6.45) is 1.07. The van der Waals surface area contributed by atoms with Crippen LogP contribution in [0.2, 0.25) is 0 Å². The molecule has 8 heteroatoms. The van der Waals surface area contributed by atoms with Gasteiger partial charge in [0.15, 0.2) is 5.78 Å². The number of Topliss-reactive ketones (excluding diaryl/α,β-unsaturated/α-hetero) is 1. The van der Waals surface area contributed by atoms with Gasteiger partial charge in [-0.1, -0.05) is 12.1 Å². The van der Waals surface area contributed by atoms with Crippen molar-refractivity contribution in [3.63, 3.8) is 0 Å². The first kappa shape index (κ1) is 19.4. The van der Waals surface area contributed by atoms with Crippen molar-refractivity contribution in [2.75, 3.05) is 13.1 Å². The van der Waals surface area contributed by atoms with Crippen molar-refractivity contribution in [3.8, 4) is 5.88 Å². The molecule has 0 radical (unpaired) electrons. The van der Waals surface area contributed by atoms with Crippen molar-refractivity contribution in [2.45, 2.75) is 44.6 Å². The summed E-state index contributed by atoms with van der Waals surface area (Å²) in [7, 11) is -3.63. The fraction of sp³-hybridized carbons (Fsp3) is 0.421. The largest absolute Gasteiger partial charge is 0.474 e. The Hall–Kier alpha value is -2.32. The molecule has 0 N–H and O–H groups in total. The van der Waals surface area contributed by atoms with Crippen molar-refractivity contribution >= 4 is 15.8 Å². The van der Waals surface area contributed by atoms with E-state index in [0.29, 0.717) is 43.2 Å².